The predicted octanol–water partition coefficient (Wildman–Crippen LogP) is 3.55. The van der Waals surface area contributed by atoms with E-state index >= 15 is 0 Å². The highest BCUT2D eigenvalue weighted by molar-refractivity contribution is 9.10. The molecule has 20 heavy (non-hydrogen) atoms. The summed E-state index contributed by atoms with van der Waals surface area (Å²) in [5.41, 5.74) is 2.05. The van der Waals surface area contributed by atoms with Gasteiger partial charge in [0.05, 0.1) is 6.61 Å². The van der Waals surface area contributed by atoms with Crippen LogP contribution in [0.4, 0.5) is 0 Å². The van der Waals surface area contributed by atoms with Crippen LogP contribution in [0.15, 0.2) is 53.3 Å². The van der Waals surface area contributed by atoms with Crippen LogP contribution in [-0.4, -0.2) is 23.0 Å². The topological polar surface area (TPSA) is 25.4 Å². The number of hydrogen-bond donors (Lipinski definition) is 0. The minimum atomic E-state index is -0.377. The van der Waals surface area contributed by atoms with E-state index in [2.05, 4.69) is 50.9 Å². The zero-order valence-electron chi connectivity index (χ0n) is 11.4. The van der Waals surface area contributed by atoms with Gasteiger partial charge in [-0.1, -0.05) is 34.1 Å². The van der Waals surface area contributed by atoms with Gasteiger partial charge in [0.15, 0.2) is 0 Å². The average Bonchev–Trinajstić information content (AvgIpc) is 2.85. The first-order valence-corrected chi connectivity index (χ1v) is 7.52. The van der Waals surface area contributed by atoms with Gasteiger partial charge in [0.1, 0.15) is 5.72 Å². The molecule has 1 aromatic heterocycles. The van der Waals surface area contributed by atoms with Crippen LogP contribution in [0.2, 0.25) is 0 Å². The quantitative estimate of drug-likeness (QED) is 0.859. The van der Waals surface area contributed by atoms with Gasteiger partial charge >= 0.3 is 0 Å². The molecule has 0 saturated carbocycles. The largest absolute Gasteiger partial charge is 0.355 e. The summed E-state index contributed by atoms with van der Waals surface area (Å²) >= 11 is 3.62. The normalized spacial score (nSPS) is 23.1. The molecule has 0 N–H and O–H groups in total. The zero-order valence-corrected chi connectivity index (χ0v) is 13.0. The van der Waals surface area contributed by atoms with Crippen LogP contribution in [0.25, 0.3) is 0 Å². The molecule has 1 aliphatic heterocycles. The van der Waals surface area contributed by atoms with E-state index in [0.717, 1.165) is 29.7 Å². The van der Waals surface area contributed by atoms with Crippen molar-refractivity contribution in [1.29, 1.82) is 0 Å². The monoisotopic (exact) mass is 332 g/mol. The van der Waals surface area contributed by atoms with E-state index in [9.17, 15) is 0 Å². The predicted molar refractivity (Wildman–Crippen MR) is 82.1 cm³/mol. The third-order valence-electron chi connectivity index (χ3n) is 3.88. The Morgan fingerprint density at radius 3 is 2.75 bits per heavy atom. The van der Waals surface area contributed by atoms with Gasteiger partial charge in [-0.15, -0.1) is 0 Å². The zero-order chi connectivity index (χ0) is 14.0. The van der Waals surface area contributed by atoms with E-state index in [4.69, 9.17) is 4.74 Å². The second kappa shape index (κ2) is 5.64. The molecule has 4 heteroatoms. The summed E-state index contributed by atoms with van der Waals surface area (Å²) in [6, 6.07) is 12.4. The highest BCUT2D eigenvalue weighted by Gasteiger charge is 2.39. The number of nitrogens with zero attached hydrogens (tertiary/aromatic N) is 2. The van der Waals surface area contributed by atoms with Gasteiger partial charge in [-0.25, -0.2) is 0 Å². The molecule has 104 valence electrons. The van der Waals surface area contributed by atoms with Crippen molar-refractivity contribution < 1.29 is 4.74 Å². The lowest BCUT2D eigenvalue weighted by molar-refractivity contribution is -0.0766. The molecule has 0 bridgehead atoms. The first-order chi connectivity index (χ1) is 9.70. The summed E-state index contributed by atoms with van der Waals surface area (Å²) in [5.74, 6) is 0. The lowest BCUT2D eigenvalue weighted by atomic mass is 10.0. The van der Waals surface area contributed by atoms with Gasteiger partial charge in [-0.2, -0.15) is 0 Å². The van der Waals surface area contributed by atoms with E-state index in [1.807, 2.05) is 30.6 Å². The fraction of sp³-hybridized carbons (Fsp3) is 0.312. The number of ether oxygens (including phenoxy) is 1. The van der Waals surface area contributed by atoms with Crippen LogP contribution in [0.3, 0.4) is 0 Å². The van der Waals surface area contributed by atoms with Crippen molar-refractivity contribution in [3.8, 4) is 0 Å². The number of benzene rings is 1. The first kappa shape index (κ1) is 13.7. The number of halogens is 1. The number of pyridine rings is 1. The van der Waals surface area contributed by atoms with E-state index in [1.165, 1.54) is 5.56 Å². The molecule has 0 unspecified atom stereocenters. The Morgan fingerprint density at radius 2 is 2.00 bits per heavy atom. The third kappa shape index (κ3) is 2.51. The standard InChI is InChI=1S/C16H17BrN2O/c1-16(14-6-8-18-9-7-14)19(10-11-20-16)12-13-4-2-3-5-15(13)17/h2-9H,10-12H2,1H3/t16-/m1/s1. The summed E-state index contributed by atoms with van der Waals surface area (Å²) < 4.78 is 7.18. The van der Waals surface area contributed by atoms with Gasteiger partial charge in [-0.05, 0) is 30.7 Å². The van der Waals surface area contributed by atoms with Crippen LogP contribution >= 0.6 is 15.9 Å². The fourth-order valence-corrected chi connectivity index (χ4v) is 3.06. The molecule has 3 nitrogen and oxygen atoms in total. The maximum atomic E-state index is 6.03. The van der Waals surface area contributed by atoms with Gasteiger partial charge < -0.3 is 4.74 Å². The summed E-state index contributed by atoms with van der Waals surface area (Å²) in [5, 5.41) is 0. The molecule has 2 aromatic rings. The molecule has 1 fully saturated rings. The second-order valence-corrected chi connectivity index (χ2v) is 5.93. The maximum absolute atomic E-state index is 6.03. The molecule has 1 aliphatic rings. The Balaban J connectivity index is 1.88. The third-order valence-corrected chi connectivity index (χ3v) is 4.66. The Kier molecular flexibility index (Phi) is 3.87. The van der Waals surface area contributed by atoms with Crippen LogP contribution in [0.5, 0.6) is 0 Å². The van der Waals surface area contributed by atoms with E-state index in [-0.39, 0.29) is 5.72 Å². The maximum Gasteiger partial charge on any atom is 0.145 e. The average molecular weight is 333 g/mol. The molecule has 3 rings (SSSR count). The lowest BCUT2D eigenvalue weighted by Gasteiger charge is -2.34. The summed E-state index contributed by atoms with van der Waals surface area (Å²) in [6.07, 6.45) is 3.64. The first-order valence-electron chi connectivity index (χ1n) is 6.73. The number of hydrogen-bond acceptors (Lipinski definition) is 3. The molecule has 0 radical (unpaired) electrons. The Morgan fingerprint density at radius 1 is 1.25 bits per heavy atom. The van der Waals surface area contributed by atoms with Crippen molar-refractivity contribution in [1.82, 2.24) is 9.88 Å². The van der Waals surface area contributed by atoms with Crippen LogP contribution < -0.4 is 0 Å². The molecule has 2 heterocycles. The Hall–Kier alpha value is -1.23. The van der Waals surface area contributed by atoms with Crippen LogP contribution in [0.1, 0.15) is 18.1 Å². The lowest BCUT2D eigenvalue weighted by Crippen LogP contribution is -2.39. The van der Waals surface area contributed by atoms with Crippen molar-refractivity contribution in [2.75, 3.05) is 13.2 Å². The van der Waals surface area contributed by atoms with Crippen molar-refractivity contribution in [3.05, 3.63) is 64.4 Å². The minimum absolute atomic E-state index is 0.377. The number of rotatable bonds is 3. The van der Waals surface area contributed by atoms with E-state index in [1.54, 1.807) is 0 Å². The molecule has 1 atom stereocenters. The van der Waals surface area contributed by atoms with Crippen LogP contribution in [-0.2, 0) is 17.0 Å². The molecule has 0 amide bonds. The van der Waals surface area contributed by atoms with Crippen LogP contribution in [0, 0.1) is 0 Å². The smallest absolute Gasteiger partial charge is 0.145 e. The van der Waals surface area contributed by atoms with E-state index < -0.39 is 0 Å². The van der Waals surface area contributed by atoms with Crippen molar-refractivity contribution in [2.24, 2.45) is 0 Å². The summed E-state index contributed by atoms with van der Waals surface area (Å²) in [7, 11) is 0. The molecule has 1 aromatic carbocycles. The van der Waals surface area contributed by atoms with Gasteiger partial charge in [0.2, 0.25) is 0 Å². The second-order valence-electron chi connectivity index (χ2n) is 5.08. The SMILES string of the molecule is C[C@]1(c2ccncc2)OCCN1Cc1ccccc1Br. The molecule has 0 spiro atoms. The van der Waals surface area contributed by atoms with Crippen molar-refractivity contribution >= 4 is 15.9 Å². The van der Waals surface area contributed by atoms with E-state index in [0.29, 0.717) is 0 Å². The summed E-state index contributed by atoms with van der Waals surface area (Å²) in [6.45, 7) is 4.68. The number of aromatic nitrogens is 1. The Bertz CT molecular complexity index is 590. The van der Waals surface area contributed by atoms with Gasteiger partial charge in [0, 0.05) is 35.5 Å². The molecule has 0 aliphatic carbocycles. The minimum Gasteiger partial charge on any atom is -0.355 e. The van der Waals surface area contributed by atoms with Gasteiger partial charge in [-0.3, -0.25) is 9.88 Å². The molecular formula is C16H17BrN2O. The molecule has 1 saturated heterocycles. The molecular weight excluding hydrogens is 316 g/mol. The van der Waals surface area contributed by atoms with Gasteiger partial charge in [0.25, 0.3) is 0 Å². The highest BCUT2D eigenvalue weighted by Crippen LogP contribution is 2.35. The van der Waals surface area contributed by atoms with Crippen molar-refractivity contribution in [3.63, 3.8) is 0 Å². The summed E-state index contributed by atoms with van der Waals surface area (Å²) in [4.78, 5) is 6.45. The Labute approximate surface area is 127 Å². The van der Waals surface area contributed by atoms with Crippen molar-refractivity contribution in [2.45, 2.75) is 19.2 Å². The fourth-order valence-electron chi connectivity index (χ4n) is 2.65. The highest BCUT2D eigenvalue weighted by atomic mass is 79.9.